The molecule has 0 aliphatic carbocycles. The van der Waals surface area contributed by atoms with Crippen molar-refractivity contribution in [2.45, 2.75) is 13.3 Å². The fraction of sp³-hybridized carbons (Fsp3) is 0.571. The molecule has 0 aromatic heterocycles. The Kier molecular flexibility index (Phi) is 5.26. The summed E-state index contributed by atoms with van der Waals surface area (Å²) in [5.41, 5.74) is 0. The largest absolute Gasteiger partial charge is 0.341 e. The lowest BCUT2D eigenvalue weighted by Gasteiger charge is -1.98. The second-order valence-electron chi connectivity index (χ2n) is 1.68. The van der Waals surface area contributed by atoms with E-state index in [1.54, 1.807) is 14.0 Å². The lowest BCUT2D eigenvalue weighted by atomic mass is 10.4. The summed E-state index contributed by atoms with van der Waals surface area (Å²) in [7, 11) is 1.58. The van der Waals surface area contributed by atoms with Crippen LogP contribution in [0.3, 0.4) is 0 Å². The number of urea groups is 1. The summed E-state index contributed by atoms with van der Waals surface area (Å²) < 4.78 is 0. The van der Waals surface area contributed by atoms with Crippen molar-refractivity contribution in [3.05, 3.63) is 0 Å². The van der Waals surface area contributed by atoms with Gasteiger partial charge in [0.2, 0.25) is 0 Å². The number of nitrogens with one attached hydrogen (secondary N) is 2. The second kappa shape index (κ2) is 5.96. The Hall–Kier alpha value is -1.17. The number of carbonyl (C=O) groups excluding carboxylic acids is 1. The third-order valence-corrected chi connectivity index (χ3v) is 0.939. The van der Waals surface area contributed by atoms with Crippen LogP contribution in [0.25, 0.3) is 0 Å². The van der Waals surface area contributed by atoms with Gasteiger partial charge in [-0.3, -0.25) is 0 Å². The second-order valence-corrected chi connectivity index (χ2v) is 1.68. The first kappa shape index (κ1) is 8.83. The van der Waals surface area contributed by atoms with Gasteiger partial charge in [0.15, 0.2) is 0 Å². The van der Waals surface area contributed by atoms with Crippen molar-refractivity contribution in [2.75, 3.05) is 13.6 Å². The van der Waals surface area contributed by atoms with Crippen LogP contribution >= 0.6 is 0 Å². The predicted molar refractivity (Wildman–Crippen MR) is 40.5 cm³/mol. The van der Waals surface area contributed by atoms with Gasteiger partial charge in [-0.2, -0.15) is 0 Å². The van der Waals surface area contributed by atoms with Crippen molar-refractivity contribution in [3.63, 3.8) is 0 Å². The summed E-state index contributed by atoms with van der Waals surface area (Å²) in [4.78, 5) is 10.5. The van der Waals surface area contributed by atoms with Crippen LogP contribution in [0.15, 0.2) is 0 Å². The number of rotatable bonds is 2. The maximum absolute atomic E-state index is 10.5. The number of hydrogen-bond donors (Lipinski definition) is 2. The highest BCUT2D eigenvalue weighted by Gasteiger charge is 1.90. The zero-order valence-electron chi connectivity index (χ0n) is 6.32. The molecule has 0 saturated carbocycles. The van der Waals surface area contributed by atoms with Crippen molar-refractivity contribution in [3.8, 4) is 11.8 Å². The summed E-state index contributed by atoms with van der Waals surface area (Å²) in [5, 5.41) is 5.06. The molecule has 0 aliphatic heterocycles. The zero-order chi connectivity index (χ0) is 7.82. The highest BCUT2D eigenvalue weighted by atomic mass is 16.2. The van der Waals surface area contributed by atoms with Crippen molar-refractivity contribution >= 4 is 6.03 Å². The van der Waals surface area contributed by atoms with Gasteiger partial charge in [-0.25, -0.2) is 4.79 Å². The van der Waals surface area contributed by atoms with Gasteiger partial charge >= 0.3 is 6.03 Å². The van der Waals surface area contributed by atoms with Gasteiger partial charge in [0.05, 0.1) is 0 Å². The van der Waals surface area contributed by atoms with Crippen LogP contribution in [0.2, 0.25) is 0 Å². The summed E-state index contributed by atoms with van der Waals surface area (Å²) in [5.74, 6) is 5.57. The molecule has 0 aromatic carbocycles. The van der Waals surface area contributed by atoms with Crippen LogP contribution in [0.1, 0.15) is 13.3 Å². The van der Waals surface area contributed by atoms with Crippen molar-refractivity contribution in [1.29, 1.82) is 0 Å². The van der Waals surface area contributed by atoms with E-state index in [0.29, 0.717) is 13.0 Å². The van der Waals surface area contributed by atoms with Crippen LogP contribution in [0, 0.1) is 11.8 Å². The van der Waals surface area contributed by atoms with Gasteiger partial charge in [0.25, 0.3) is 0 Å². The van der Waals surface area contributed by atoms with Gasteiger partial charge in [-0.05, 0) is 6.92 Å². The molecule has 0 saturated heterocycles. The van der Waals surface area contributed by atoms with Crippen molar-refractivity contribution < 1.29 is 4.79 Å². The minimum Gasteiger partial charge on any atom is -0.341 e. The maximum Gasteiger partial charge on any atom is 0.314 e. The van der Waals surface area contributed by atoms with Crippen LogP contribution in [0.4, 0.5) is 4.79 Å². The molecule has 0 atom stereocenters. The summed E-state index contributed by atoms with van der Waals surface area (Å²) in [6.07, 6.45) is 0.712. The summed E-state index contributed by atoms with van der Waals surface area (Å²) in [6.45, 7) is 2.39. The fourth-order valence-electron chi connectivity index (χ4n) is 0.452. The number of hydrogen-bond acceptors (Lipinski definition) is 1. The highest BCUT2D eigenvalue weighted by Crippen LogP contribution is 1.70. The molecule has 0 fully saturated rings. The van der Waals surface area contributed by atoms with Gasteiger partial charge in [-0.15, -0.1) is 11.8 Å². The van der Waals surface area contributed by atoms with E-state index in [0.717, 1.165) is 0 Å². The minimum atomic E-state index is -0.155. The van der Waals surface area contributed by atoms with E-state index in [-0.39, 0.29) is 6.03 Å². The Bertz CT molecular complexity index is 155. The molecule has 0 unspecified atom stereocenters. The molecule has 0 spiro atoms. The minimum absolute atomic E-state index is 0.155. The Labute approximate surface area is 61.2 Å². The molecule has 3 heteroatoms. The molecular weight excluding hydrogens is 128 g/mol. The zero-order valence-corrected chi connectivity index (χ0v) is 6.32. The Balaban J connectivity index is 3.17. The molecule has 0 aliphatic rings. The molecule has 56 valence electrons. The molecule has 2 N–H and O–H groups in total. The molecule has 0 aromatic rings. The Morgan fingerprint density at radius 2 is 2.30 bits per heavy atom. The molecule has 0 heterocycles. The number of amides is 2. The highest BCUT2D eigenvalue weighted by molar-refractivity contribution is 5.73. The fourth-order valence-corrected chi connectivity index (χ4v) is 0.452. The van der Waals surface area contributed by atoms with Crippen molar-refractivity contribution in [2.24, 2.45) is 0 Å². The summed E-state index contributed by atoms with van der Waals surface area (Å²) >= 11 is 0. The van der Waals surface area contributed by atoms with Gasteiger partial charge < -0.3 is 10.6 Å². The van der Waals surface area contributed by atoms with E-state index in [2.05, 4.69) is 22.5 Å². The van der Waals surface area contributed by atoms with Gasteiger partial charge in [-0.1, -0.05) is 0 Å². The van der Waals surface area contributed by atoms with E-state index in [1.807, 2.05) is 0 Å². The first-order valence-electron chi connectivity index (χ1n) is 3.16. The molecule has 2 amide bonds. The molecule has 0 rings (SSSR count). The molecule has 0 bridgehead atoms. The third-order valence-electron chi connectivity index (χ3n) is 0.939. The van der Waals surface area contributed by atoms with Crippen LogP contribution < -0.4 is 10.6 Å². The Morgan fingerprint density at radius 3 is 2.80 bits per heavy atom. The van der Waals surface area contributed by atoms with Crippen LogP contribution in [0.5, 0.6) is 0 Å². The molecule has 10 heavy (non-hydrogen) atoms. The lowest BCUT2D eigenvalue weighted by Crippen LogP contribution is -2.33. The average molecular weight is 140 g/mol. The van der Waals surface area contributed by atoms with E-state index in [1.165, 1.54) is 0 Å². The van der Waals surface area contributed by atoms with Crippen molar-refractivity contribution in [1.82, 2.24) is 10.6 Å². The molecular formula is C7H12N2O. The van der Waals surface area contributed by atoms with E-state index in [4.69, 9.17) is 0 Å². The topological polar surface area (TPSA) is 41.1 Å². The van der Waals surface area contributed by atoms with Crippen LogP contribution in [-0.4, -0.2) is 19.6 Å². The third kappa shape index (κ3) is 4.98. The Morgan fingerprint density at radius 1 is 1.60 bits per heavy atom. The quantitative estimate of drug-likeness (QED) is 0.421. The van der Waals surface area contributed by atoms with E-state index in [9.17, 15) is 4.79 Å². The number of carbonyl (C=O) groups is 1. The monoisotopic (exact) mass is 140 g/mol. The van der Waals surface area contributed by atoms with Crippen LogP contribution in [-0.2, 0) is 0 Å². The summed E-state index contributed by atoms with van der Waals surface area (Å²) in [6, 6.07) is -0.155. The van der Waals surface area contributed by atoms with Gasteiger partial charge in [0, 0.05) is 20.0 Å². The first-order valence-corrected chi connectivity index (χ1v) is 3.16. The maximum atomic E-state index is 10.5. The standard InChI is InChI=1S/C7H12N2O/c1-3-4-5-6-9-7(10)8-2/h5-6H2,1-2H3,(H2,8,9,10). The van der Waals surface area contributed by atoms with E-state index < -0.39 is 0 Å². The smallest absolute Gasteiger partial charge is 0.314 e. The SMILES string of the molecule is CC#CCCNC(=O)NC. The van der Waals surface area contributed by atoms with E-state index >= 15 is 0 Å². The molecule has 3 nitrogen and oxygen atoms in total. The first-order chi connectivity index (χ1) is 4.81. The lowest BCUT2D eigenvalue weighted by molar-refractivity contribution is 0.243. The molecule has 0 radical (unpaired) electrons. The predicted octanol–water partition coefficient (Wildman–Crippen LogP) is 0.329. The normalized spacial score (nSPS) is 7.40. The van der Waals surface area contributed by atoms with Gasteiger partial charge in [0.1, 0.15) is 0 Å². The average Bonchev–Trinajstić information content (AvgIpc) is 1.98.